The molecule has 1 N–H and O–H groups in total. The summed E-state index contributed by atoms with van der Waals surface area (Å²) in [7, 11) is 0. The standard InChI is InChI=1S/C17H19NO3/c1-12-5-6-16(21-12)14-4-2-3-13(9-14)10-18-8-7-15(11-18)17(19)20/h2-6,9,15H,7-8,10-11H2,1H3,(H,19,20). The van der Waals surface area contributed by atoms with Gasteiger partial charge in [-0.2, -0.15) is 0 Å². The summed E-state index contributed by atoms with van der Waals surface area (Å²) < 4.78 is 5.65. The van der Waals surface area contributed by atoms with Crippen LogP contribution in [0.2, 0.25) is 0 Å². The molecule has 0 saturated carbocycles. The average Bonchev–Trinajstić information content (AvgIpc) is 3.08. The molecule has 4 heteroatoms. The molecule has 1 fully saturated rings. The van der Waals surface area contributed by atoms with Gasteiger partial charge < -0.3 is 9.52 Å². The van der Waals surface area contributed by atoms with Gasteiger partial charge in [0.05, 0.1) is 5.92 Å². The summed E-state index contributed by atoms with van der Waals surface area (Å²) in [5.74, 6) is 0.872. The lowest BCUT2D eigenvalue weighted by Crippen LogP contribution is -2.22. The molecule has 1 saturated heterocycles. The highest BCUT2D eigenvalue weighted by Gasteiger charge is 2.27. The molecule has 3 rings (SSSR count). The summed E-state index contributed by atoms with van der Waals surface area (Å²) in [6.07, 6.45) is 0.742. The van der Waals surface area contributed by atoms with Crippen LogP contribution in [0.25, 0.3) is 11.3 Å². The van der Waals surface area contributed by atoms with E-state index in [4.69, 9.17) is 9.52 Å². The molecular weight excluding hydrogens is 266 g/mol. The van der Waals surface area contributed by atoms with Crippen LogP contribution in [-0.4, -0.2) is 29.1 Å². The summed E-state index contributed by atoms with van der Waals surface area (Å²) in [6.45, 7) is 4.21. The van der Waals surface area contributed by atoms with Crippen molar-refractivity contribution in [2.45, 2.75) is 19.9 Å². The normalized spacial score (nSPS) is 19.0. The van der Waals surface area contributed by atoms with Crippen LogP contribution in [0, 0.1) is 12.8 Å². The molecule has 0 radical (unpaired) electrons. The third-order valence-corrected chi connectivity index (χ3v) is 3.98. The van der Waals surface area contributed by atoms with Crippen molar-refractivity contribution in [3.63, 3.8) is 0 Å². The lowest BCUT2D eigenvalue weighted by molar-refractivity contribution is -0.141. The van der Waals surface area contributed by atoms with Crippen LogP contribution in [0.5, 0.6) is 0 Å². The number of aryl methyl sites for hydroxylation is 1. The highest BCUT2D eigenvalue weighted by atomic mass is 16.4. The van der Waals surface area contributed by atoms with E-state index in [1.165, 1.54) is 5.56 Å². The van der Waals surface area contributed by atoms with Crippen LogP contribution in [0.4, 0.5) is 0 Å². The first-order valence-corrected chi connectivity index (χ1v) is 7.23. The fourth-order valence-electron chi connectivity index (χ4n) is 2.85. The molecule has 1 unspecified atom stereocenters. The number of aliphatic carboxylic acids is 1. The number of rotatable bonds is 4. The Labute approximate surface area is 124 Å². The summed E-state index contributed by atoms with van der Waals surface area (Å²) >= 11 is 0. The van der Waals surface area contributed by atoms with E-state index in [-0.39, 0.29) is 5.92 Å². The van der Waals surface area contributed by atoms with Crippen LogP contribution < -0.4 is 0 Å². The van der Waals surface area contributed by atoms with Crippen molar-refractivity contribution in [1.82, 2.24) is 4.90 Å². The van der Waals surface area contributed by atoms with E-state index < -0.39 is 5.97 Å². The second kappa shape index (κ2) is 5.74. The van der Waals surface area contributed by atoms with Gasteiger partial charge in [0.2, 0.25) is 0 Å². The highest BCUT2D eigenvalue weighted by molar-refractivity contribution is 5.70. The molecule has 4 nitrogen and oxygen atoms in total. The van der Waals surface area contributed by atoms with Crippen LogP contribution in [0.3, 0.4) is 0 Å². The van der Waals surface area contributed by atoms with E-state index in [1.54, 1.807) is 0 Å². The lowest BCUT2D eigenvalue weighted by Gasteiger charge is -2.15. The Morgan fingerprint density at radius 2 is 2.24 bits per heavy atom. The number of hydrogen-bond acceptors (Lipinski definition) is 3. The molecule has 1 atom stereocenters. The summed E-state index contributed by atoms with van der Waals surface area (Å²) in [4.78, 5) is 13.2. The number of carboxylic acids is 1. The maximum absolute atomic E-state index is 11.0. The van der Waals surface area contributed by atoms with Gasteiger partial charge in [0, 0.05) is 18.7 Å². The van der Waals surface area contributed by atoms with Gasteiger partial charge in [-0.15, -0.1) is 0 Å². The quantitative estimate of drug-likeness (QED) is 0.937. The van der Waals surface area contributed by atoms with Crippen molar-refractivity contribution in [2.75, 3.05) is 13.1 Å². The number of furan rings is 1. The molecule has 2 aromatic rings. The van der Waals surface area contributed by atoms with E-state index >= 15 is 0 Å². The van der Waals surface area contributed by atoms with Crippen molar-refractivity contribution in [3.8, 4) is 11.3 Å². The maximum atomic E-state index is 11.0. The van der Waals surface area contributed by atoms with Crippen LogP contribution in [0.1, 0.15) is 17.7 Å². The number of carbonyl (C=O) groups is 1. The molecule has 1 aromatic heterocycles. The van der Waals surface area contributed by atoms with Gasteiger partial charge in [-0.1, -0.05) is 18.2 Å². The minimum absolute atomic E-state index is 0.221. The fourth-order valence-corrected chi connectivity index (χ4v) is 2.85. The third-order valence-electron chi connectivity index (χ3n) is 3.98. The van der Waals surface area contributed by atoms with Gasteiger partial charge in [-0.05, 0) is 43.7 Å². The van der Waals surface area contributed by atoms with E-state index in [0.29, 0.717) is 6.54 Å². The molecule has 21 heavy (non-hydrogen) atoms. The maximum Gasteiger partial charge on any atom is 0.307 e. The fraction of sp³-hybridized carbons (Fsp3) is 0.353. The van der Waals surface area contributed by atoms with Gasteiger partial charge in [0.25, 0.3) is 0 Å². The number of benzene rings is 1. The molecule has 1 aliphatic heterocycles. The number of carboxylic acid groups (broad SMARTS) is 1. The average molecular weight is 285 g/mol. The first-order chi connectivity index (χ1) is 10.1. The predicted octanol–water partition coefficient (Wildman–Crippen LogP) is 3.16. The van der Waals surface area contributed by atoms with E-state index in [2.05, 4.69) is 17.0 Å². The van der Waals surface area contributed by atoms with E-state index in [1.807, 2.05) is 31.2 Å². The van der Waals surface area contributed by atoms with Crippen molar-refractivity contribution in [3.05, 3.63) is 47.7 Å². The lowest BCUT2D eigenvalue weighted by atomic mass is 10.1. The first kappa shape index (κ1) is 13.9. The van der Waals surface area contributed by atoms with Crippen molar-refractivity contribution in [1.29, 1.82) is 0 Å². The molecular formula is C17H19NO3. The third kappa shape index (κ3) is 3.16. The Morgan fingerprint density at radius 3 is 2.90 bits per heavy atom. The number of hydrogen-bond donors (Lipinski definition) is 1. The molecule has 0 amide bonds. The zero-order valence-electron chi connectivity index (χ0n) is 12.1. The van der Waals surface area contributed by atoms with Gasteiger partial charge in [0.1, 0.15) is 11.5 Å². The molecule has 1 aliphatic rings. The first-order valence-electron chi connectivity index (χ1n) is 7.23. The second-order valence-corrected chi connectivity index (χ2v) is 5.67. The Morgan fingerprint density at radius 1 is 1.38 bits per heavy atom. The van der Waals surface area contributed by atoms with Crippen LogP contribution in [0.15, 0.2) is 40.8 Å². The van der Waals surface area contributed by atoms with Crippen molar-refractivity contribution < 1.29 is 14.3 Å². The monoisotopic (exact) mass is 285 g/mol. The number of likely N-dealkylation sites (tertiary alicyclic amines) is 1. The van der Waals surface area contributed by atoms with Gasteiger partial charge in [0.15, 0.2) is 0 Å². The molecule has 0 bridgehead atoms. The highest BCUT2D eigenvalue weighted by Crippen LogP contribution is 2.24. The SMILES string of the molecule is Cc1ccc(-c2cccc(CN3CCC(C(=O)O)C3)c2)o1. The minimum Gasteiger partial charge on any atom is -0.481 e. The zero-order chi connectivity index (χ0) is 14.8. The van der Waals surface area contributed by atoms with Crippen molar-refractivity contribution >= 4 is 5.97 Å². The van der Waals surface area contributed by atoms with Crippen LogP contribution >= 0.6 is 0 Å². The zero-order valence-corrected chi connectivity index (χ0v) is 12.1. The molecule has 0 aliphatic carbocycles. The minimum atomic E-state index is -0.683. The summed E-state index contributed by atoms with van der Waals surface area (Å²) in [6, 6.07) is 12.2. The van der Waals surface area contributed by atoms with Crippen molar-refractivity contribution in [2.24, 2.45) is 5.92 Å². The van der Waals surface area contributed by atoms with Gasteiger partial charge in [-0.3, -0.25) is 9.69 Å². The molecule has 2 heterocycles. The van der Waals surface area contributed by atoms with Gasteiger partial charge in [-0.25, -0.2) is 0 Å². The molecule has 0 spiro atoms. The molecule has 1 aromatic carbocycles. The number of nitrogens with zero attached hydrogens (tertiary/aromatic N) is 1. The Hall–Kier alpha value is -2.07. The molecule has 110 valence electrons. The smallest absolute Gasteiger partial charge is 0.307 e. The predicted molar refractivity (Wildman–Crippen MR) is 79.9 cm³/mol. The summed E-state index contributed by atoms with van der Waals surface area (Å²) in [5, 5.41) is 9.05. The second-order valence-electron chi connectivity index (χ2n) is 5.67. The Balaban J connectivity index is 1.71. The van der Waals surface area contributed by atoms with Crippen LogP contribution in [-0.2, 0) is 11.3 Å². The summed E-state index contributed by atoms with van der Waals surface area (Å²) in [5.41, 5.74) is 2.25. The van der Waals surface area contributed by atoms with E-state index in [0.717, 1.165) is 36.6 Å². The van der Waals surface area contributed by atoms with E-state index in [9.17, 15) is 4.79 Å². The Kier molecular flexibility index (Phi) is 3.80. The van der Waals surface area contributed by atoms with Gasteiger partial charge >= 0.3 is 5.97 Å². The Bertz CT molecular complexity index is 647. The largest absolute Gasteiger partial charge is 0.481 e. The topological polar surface area (TPSA) is 53.7 Å².